The molecule has 0 radical (unpaired) electrons. The Morgan fingerprint density at radius 2 is 1.83 bits per heavy atom. The van der Waals surface area contributed by atoms with Crippen molar-refractivity contribution in [3.8, 4) is 11.5 Å². The molecule has 0 bridgehead atoms. The monoisotopic (exact) mass is 414 g/mol. The molecule has 0 spiro atoms. The molecule has 2 aromatic carbocycles. The molecule has 2 aromatic rings. The molecule has 0 heterocycles. The summed E-state index contributed by atoms with van der Waals surface area (Å²) in [5.41, 5.74) is 2.75. The Hall–Kier alpha value is -2.60. The molecule has 5 nitrogen and oxygen atoms in total. The second kappa shape index (κ2) is 11.4. The van der Waals surface area contributed by atoms with Crippen LogP contribution in [0.15, 0.2) is 42.5 Å². The number of unbranched alkanes of at least 4 members (excludes halogenated alkanes) is 1. The first-order valence-corrected chi connectivity index (χ1v) is 10.3. The Bertz CT molecular complexity index is 819. The smallest absolute Gasteiger partial charge is 0.257 e. The summed E-state index contributed by atoms with van der Waals surface area (Å²) in [6, 6.07) is 13.3. The molecule has 6 heteroatoms. The number of nitrogens with one attached hydrogen (secondary N) is 2. The molecule has 0 aliphatic heterocycles. The van der Waals surface area contributed by atoms with Crippen molar-refractivity contribution in [2.24, 2.45) is 0 Å². The van der Waals surface area contributed by atoms with Crippen molar-refractivity contribution in [3.63, 3.8) is 0 Å². The maximum atomic E-state index is 12.3. The van der Waals surface area contributed by atoms with Crippen LogP contribution in [0, 0.1) is 0 Å². The third-order valence-corrected chi connectivity index (χ3v) is 4.75. The Balaban J connectivity index is 1.88. The Labute approximate surface area is 178 Å². The van der Waals surface area contributed by atoms with E-state index in [0.717, 1.165) is 24.2 Å². The number of hydrogen-bond donors (Lipinski definition) is 2. The molecule has 156 valence electrons. The van der Waals surface area contributed by atoms with Crippen molar-refractivity contribution < 1.29 is 14.3 Å². The highest BCUT2D eigenvalue weighted by atomic mass is 32.1. The summed E-state index contributed by atoms with van der Waals surface area (Å²) < 4.78 is 11.2. The zero-order chi connectivity index (χ0) is 21.2. The predicted octanol–water partition coefficient (Wildman–Crippen LogP) is 4.80. The third-order valence-electron chi connectivity index (χ3n) is 4.50. The maximum Gasteiger partial charge on any atom is 0.257 e. The van der Waals surface area contributed by atoms with E-state index in [0.29, 0.717) is 30.4 Å². The number of benzene rings is 2. The number of hydrogen-bond acceptors (Lipinski definition) is 4. The lowest BCUT2D eigenvalue weighted by molar-refractivity contribution is 0.0976. The van der Waals surface area contributed by atoms with Gasteiger partial charge in [0.2, 0.25) is 0 Å². The van der Waals surface area contributed by atoms with E-state index in [1.54, 1.807) is 7.11 Å². The lowest BCUT2D eigenvalue weighted by Gasteiger charge is -2.13. The minimum atomic E-state index is -0.227. The van der Waals surface area contributed by atoms with Crippen molar-refractivity contribution in [2.45, 2.75) is 46.1 Å². The van der Waals surface area contributed by atoms with E-state index in [1.807, 2.05) is 42.5 Å². The van der Waals surface area contributed by atoms with Crippen LogP contribution in [-0.2, 0) is 6.54 Å². The van der Waals surface area contributed by atoms with E-state index in [2.05, 4.69) is 31.4 Å². The number of carbonyl (C=O) groups excluding carboxylic acids is 1. The van der Waals surface area contributed by atoms with Gasteiger partial charge in [-0.2, -0.15) is 0 Å². The predicted molar refractivity (Wildman–Crippen MR) is 121 cm³/mol. The van der Waals surface area contributed by atoms with E-state index in [4.69, 9.17) is 21.7 Å². The zero-order valence-electron chi connectivity index (χ0n) is 17.6. The second-order valence-corrected chi connectivity index (χ2v) is 7.51. The molecular weight excluding hydrogens is 384 g/mol. The van der Waals surface area contributed by atoms with Gasteiger partial charge in [-0.1, -0.05) is 45.4 Å². The van der Waals surface area contributed by atoms with Crippen molar-refractivity contribution in [1.82, 2.24) is 10.6 Å². The molecule has 0 unspecified atom stereocenters. The van der Waals surface area contributed by atoms with E-state index in [9.17, 15) is 4.79 Å². The van der Waals surface area contributed by atoms with Crippen LogP contribution < -0.4 is 20.1 Å². The summed E-state index contributed by atoms with van der Waals surface area (Å²) in [7, 11) is 1.62. The molecule has 1 amide bonds. The third kappa shape index (κ3) is 7.06. The van der Waals surface area contributed by atoms with Crippen LogP contribution in [-0.4, -0.2) is 24.7 Å². The fourth-order valence-corrected chi connectivity index (χ4v) is 2.85. The van der Waals surface area contributed by atoms with Gasteiger partial charge in [-0.15, -0.1) is 0 Å². The molecule has 0 aliphatic carbocycles. The number of rotatable bonds is 9. The van der Waals surface area contributed by atoms with Crippen LogP contribution in [0.25, 0.3) is 0 Å². The van der Waals surface area contributed by atoms with Gasteiger partial charge in [0.25, 0.3) is 5.91 Å². The summed E-state index contributed by atoms with van der Waals surface area (Å²) in [5, 5.41) is 6.05. The van der Waals surface area contributed by atoms with Gasteiger partial charge in [0.05, 0.1) is 13.7 Å². The van der Waals surface area contributed by atoms with Crippen LogP contribution in [0.1, 0.15) is 61.0 Å². The summed E-state index contributed by atoms with van der Waals surface area (Å²) in [6.07, 6.45) is 2.08. The quantitative estimate of drug-likeness (QED) is 0.456. The van der Waals surface area contributed by atoms with Crippen LogP contribution in [0.4, 0.5) is 0 Å². The molecular formula is C23H30N2O3S. The zero-order valence-corrected chi connectivity index (χ0v) is 18.4. The van der Waals surface area contributed by atoms with Crippen LogP contribution in [0.5, 0.6) is 11.5 Å². The van der Waals surface area contributed by atoms with Crippen molar-refractivity contribution >= 4 is 23.2 Å². The first kappa shape index (κ1) is 22.7. The lowest BCUT2D eigenvalue weighted by Crippen LogP contribution is -2.38. The number of ether oxygens (including phenoxy) is 2. The minimum absolute atomic E-state index is 0.227. The first-order valence-electron chi connectivity index (χ1n) is 9.93. The first-order chi connectivity index (χ1) is 13.9. The van der Waals surface area contributed by atoms with Gasteiger partial charge in [-0.05, 0) is 59.9 Å². The van der Waals surface area contributed by atoms with Crippen LogP contribution in [0.3, 0.4) is 0 Å². The lowest BCUT2D eigenvalue weighted by atomic mass is 10.0. The van der Waals surface area contributed by atoms with E-state index < -0.39 is 0 Å². The number of amides is 1. The molecule has 0 aliphatic rings. The molecule has 2 N–H and O–H groups in total. The summed E-state index contributed by atoms with van der Waals surface area (Å²) in [6.45, 7) is 7.49. The molecule has 0 aromatic heterocycles. The number of methoxy groups -OCH3 is 1. The average Bonchev–Trinajstić information content (AvgIpc) is 2.73. The number of thiocarbonyl (C=S) groups is 1. The highest BCUT2D eigenvalue weighted by Gasteiger charge is 2.10. The topological polar surface area (TPSA) is 59.6 Å². The molecule has 29 heavy (non-hydrogen) atoms. The van der Waals surface area contributed by atoms with E-state index >= 15 is 0 Å². The van der Waals surface area contributed by atoms with Gasteiger partial charge in [-0.3, -0.25) is 10.1 Å². The molecule has 2 rings (SSSR count). The SMILES string of the molecule is CCCCOc1ccc(CNC(=S)NC(=O)c2ccc(C(C)C)cc2)cc1OC. The molecule has 0 fully saturated rings. The van der Waals surface area contributed by atoms with E-state index in [1.165, 1.54) is 5.56 Å². The van der Waals surface area contributed by atoms with Gasteiger partial charge >= 0.3 is 0 Å². The van der Waals surface area contributed by atoms with E-state index in [-0.39, 0.29) is 11.0 Å². The highest BCUT2D eigenvalue weighted by Crippen LogP contribution is 2.28. The van der Waals surface area contributed by atoms with Gasteiger partial charge < -0.3 is 14.8 Å². The highest BCUT2D eigenvalue weighted by molar-refractivity contribution is 7.80. The largest absolute Gasteiger partial charge is 0.493 e. The van der Waals surface area contributed by atoms with Crippen LogP contribution in [0.2, 0.25) is 0 Å². The minimum Gasteiger partial charge on any atom is -0.493 e. The standard InChI is InChI=1S/C23H30N2O3S/c1-5-6-13-28-20-12-7-17(14-21(20)27-4)15-24-23(29)25-22(26)19-10-8-18(9-11-19)16(2)3/h7-12,14,16H,5-6,13,15H2,1-4H3,(H2,24,25,26,29). The number of carbonyl (C=O) groups is 1. The van der Waals surface area contributed by atoms with Gasteiger partial charge in [0.15, 0.2) is 16.6 Å². The summed E-state index contributed by atoms with van der Waals surface area (Å²) >= 11 is 5.26. The van der Waals surface area contributed by atoms with Crippen molar-refractivity contribution in [2.75, 3.05) is 13.7 Å². The maximum absolute atomic E-state index is 12.3. The van der Waals surface area contributed by atoms with Gasteiger partial charge in [0, 0.05) is 12.1 Å². The Morgan fingerprint density at radius 3 is 2.45 bits per heavy atom. The normalized spacial score (nSPS) is 10.5. The van der Waals surface area contributed by atoms with Crippen molar-refractivity contribution in [3.05, 3.63) is 59.2 Å². The Kier molecular flexibility index (Phi) is 8.93. The van der Waals surface area contributed by atoms with Gasteiger partial charge in [0.1, 0.15) is 0 Å². The fourth-order valence-electron chi connectivity index (χ4n) is 2.69. The summed E-state index contributed by atoms with van der Waals surface area (Å²) in [4.78, 5) is 12.3. The molecule has 0 saturated heterocycles. The van der Waals surface area contributed by atoms with Crippen LogP contribution >= 0.6 is 12.2 Å². The Morgan fingerprint density at radius 1 is 1.10 bits per heavy atom. The van der Waals surface area contributed by atoms with Gasteiger partial charge in [-0.25, -0.2) is 0 Å². The molecule has 0 saturated carbocycles. The second-order valence-electron chi connectivity index (χ2n) is 7.10. The fraction of sp³-hybridized carbons (Fsp3) is 0.391. The summed E-state index contributed by atoms with van der Waals surface area (Å²) in [5.74, 6) is 1.61. The average molecular weight is 415 g/mol. The van der Waals surface area contributed by atoms with Crippen molar-refractivity contribution in [1.29, 1.82) is 0 Å². The molecule has 0 atom stereocenters.